The van der Waals surface area contributed by atoms with Crippen molar-refractivity contribution in [1.29, 1.82) is 0 Å². The Morgan fingerprint density at radius 3 is 1.91 bits per heavy atom. The number of allylic oxidation sites excluding steroid dienone is 1. The van der Waals surface area contributed by atoms with Crippen LogP contribution in [0.2, 0.25) is 0 Å². The Balaban J connectivity index is 1.22. The molecule has 1 fully saturated rings. The second-order valence-corrected chi connectivity index (χ2v) is 8.78. The van der Waals surface area contributed by atoms with E-state index in [-0.39, 0.29) is 0 Å². The van der Waals surface area contributed by atoms with E-state index in [1.807, 2.05) is 30.3 Å². The predicted octanol–water partition coefficient (Wildman–Crippen LogP) is 6.23. The number of aryl methyl sites for hydroxylation is 2. The Hall–Kier alpha value is -2.72. The summed E-state index contributed by atoms with van der Waals surface area (Å²) in [5.41, 5.74) is 10.1. The van der Waals surface area contributed by atoms with E-state index in [0.29, 0.717) is 19.4 Å². The largest absolute Gasteiger partial charge is 0.289 e. The molecule has 32 heavy (non-hydrogen) atoms. The van der Waals surface area contributed by atoms with Crippen LogP contribution in [0.5, 0.6) is 0 Å². The summed E-state index contributed by atoms with van der Waals surface area (Å²) in [7, 11) is 0. The zero-order valence-corrected chi connectivity index (χ0v) is 18.6. The fourth-order valence-electron chi connectivity index (χ4n) is 5.06. The standard InChI is InChI=1S/C29H31NO2/c1-2-8-22(9-3-1)20-31-32-21-30-26-18-16-25(17-19-26)29-27-12-6-4-10-23(27)14-15-24-11-5-7-13-28(24)29/h1-13,26,30H,14-21H2. The van der Waals surface area contributed by atoms with E-state index in [2.05, 4.69) is 53.8 Å². The van der Waals surface area contributed by atoms with Crippen LogP contribution in [0.4, 0.5) is 0 Å². The van der Waals surface area contributed by atoms with E-state index in [9.17, 15) is 0 Å². The van der Waals surface area contributed by atoms with Gasteiger partial charge in [-0.2, -0.15) is 0 Å². The zero-order valence-electron chi connectivity index (χ0n) is 18.6. The molecule has 0 spiro atoms. The summed E-state index contributed by atoms with van der Waals surface area (Å²) < 4.78 is 0. The van der Waals surface area contributed by atoms with Crippen LogP contribution in [0.1, 0.15) is 53.5 Å². The number of hydrogen-bond acceptors (Lipinski definition) is 3. The van der Waals surface area contributed by atoms with Gasteiger partial charge in [0.05, 0.1) is 0 Å². The van der Waals surface area contributed by atoms with E-state index in [1.54, 1.807) is 5.57 Å². The van der Waals surface area contributed by atoms with Crippen molar-refractivity contribution >= 4 is 5.57 Å². The molecule has 2 aliphatic carbocycles. The first-order valence-electron chi connectivity index (χ1n) is 11.8. The molecule has 3 aromatic carbocycles. The van der Waals surface area contributed by atoms with Gasteiger partial charge in [0, 0.05) is 6.04 Å². The second-order valence-electron chi connectivity index (χ2n) is 8.78. The van der Waals surface area contributed by atoms with Crippen LogP contribution < -0.4 is 5.32 Å². The molecule has 164 valence electrons. The number of nitrogens with one attached hydrogen (secondary N) is 1. The zero-order chi connectivity index (χ0) is 21.6. The molecule has 0 saturated heterocycles. The van der Waals surface area contributed by atoms with Gasteiger partial charge < -0.3 is 0 Å². The van der Waals surface area contributed by atoms with Gasteiger partial charge >= 0.3 is 0 Å². The highest BCUT2D eigenvalue weighted by atomic mass is 17.2. The second kappa shape index (κ2) is 10.3. The summed E-state index contributed by atoms with van der Waals surface area (Å²) >= 11 is 0. The fourth-order valence-corrected chi connectivity index (χ4v) is 5.06. The monoisotopic (exact) mass is 425 g/mol. The van der Waals surface area contributed by atoms with Crippen LogP contribution in [0.15, 0.2) is 84.4 Å². The van der Waals surface area contributed by atoms with Gasteiger partial charge in [0.15, 0.2) is 0 Å². The normalized spacial score (nSPS) is 18.1. The molecule has 0 bridgehead atoms. The molecule has 0 atom stereocenters. The molecule has 0 unspecified atom stereocenters. The maximum atomic E-state index is 5.37. The summed E-state index contributed by atoms with van der Waals surface area (Å²) in [6.45, 7) is 0.900. The molecule has 1 saturated carbocycles. The van der Waals surface area contributed by atoms with Crippen molar-refractivity contribution in [3.63, 3.8) is 0 Å². The van der Waals surface area contributed by atoms with Crippen LogP contribution in [0.25, 0.3) is 5.57 Å². The lowest BCUT2D eigenvalue weighted by Gasteiger charge is -2.27. The molecule has 0 aromatic heterocycles. The molecular formula is C29H31NO2. The molecule has 0 aliphatic heterocycles. The van der Waals surface area contributed by atoms with Gasteiger partial charge in [-0.05, 0) is 71.9 Å². The SMILES string of the molecule is c1ccc(COOCNC2CCC(=C3c4ccccc4CCc4ccccc43)CC2)cc1. The average molecular weight is 426 g/mol. The Morgan fingerprint density at radius 2 is 1.25 bits per heavy atom. The first-order chi connectivity index (χ1) is 15.9. The van der Waals surface area contributed by atoms with Gasteiger partial charge in [0.2, 0.25) is 0 Å². The highest BCUT2D eigenvalue weighted by Gasteiger charge is 2.24. The summed E-state index contributed by atoms with van der Waals surface area (Å²) in [5, 5.41) is 3.51. The lowest BCUT2D eigenvalue weighted by atomic mass is 9.82. The Morgan fingerprint density at radius 1 is 0.656 bits per heavy atom. The minimum absolute atomic E-state index is 0.426. The minimum Gasteiger partial charge on any atom is -0.289 e. The lowest BCUT2D eigenvalue weighted by Crippen LogP contribution is -2.33. The quantitative estimate of drug-likeness (QED) is 0.220. The van der Waals surface area contributed by atoms with Crippen LogP contribution in [0, 0.1) is 0 Å². The number of benzene rings is 3. The van der Waals surface area contributed by atoms with Crippen molar-refractivity contribution < 1.29 is 9.78 Å². The van der Waals surface area contributed by atoms with Gasteiger partial charge in [0.25, 0.3) is 0 Å². The van der Waals surface area contributed by atoms with Gasteiger partial charge in [-0.25, -0.2) is 9.78 Å². The molecule has 0 radical (unpaired) electrons. The third kappa shape index (κ3) is 4.86. The Bertz CT molecular complexity index is 1010. The maximum Gasteiger partial charge on any atom is 0.133 e. The molecule has 2 aliphatic rings. The van der Waals surface area contributed by atoms with E-state index in [0.717, 1.165) is 44.1 Å². The number of rotatable bonds is 6. The minimum atomic E-state index is 0.426. The van der Waals surface area contributed by atoms with Gasteiger partial charge in [-0.15, -0.1) is 0 Å². The maximum absolute atomic E-state index is 5.37. The molecule has 5 rings (SSSR count). The number of fused-ring (bicyclic) bond motifs is 2. The molecule has 0 heterocycles. The van der Waals surface area contributed by atoms with Crippen LogP contribution in [-0.2, 0) is 29.2 Å². The summed E-state index contributed by atoms with van der Waals surface area (Å²) in [5.74, 6) is 0. The molecule has 0 amide bonds. The average Bonchev–Trinajstić information content (AvgIpc) is 3.02. The summed E-state index contributed by atoms with van der Waals surface area (Å²) in [6, 6.07) is 28.6. The molecular weight excluding hydrogens is 394 g/mol. The van der Waals surface area contributed by atoms with Crippen molar-refractivity contribution in [3.8, 4) is 0 Å². The Labute approximate surface area is 191 Å². The smallest absolute Gasteiger partial charge is 0.133 e. The van der Waals surface area contributed by atoms with Crippen molar-refractivity contribution in [2.45, 2.75) is 51.2 Å². The predicted molar refractivity (Wildman–Crippen MR) is 129 cm³/mol. The third-order valence-electron chi connectivity index (χ3n) is 6.76. The molecule has 3 nitrogen and oxygen atoms in total. The van der Waals surface area contributed by atoms with Crippen molar-refractivity contribution in [2.24, 2.45) is 0 Å². The molecule has 1 N–H and O–H groups in total. The third-order valence-corrected chi connectivity index (χ3v) is 6.76. The first kappa shape index (κ1) is 21.1. The lowest BCUT2D eigenvalue weighted by molar-refractivity contribution is -0.309. The van der Waals surface area contributed by atoms with Gasteiger partial charge in [-0.1, -0.05) is 84.4 Å². The molecule has 3 aromatic rings. The van der Waals surface area contributed by atoms with E-state index < -0.39 is 0 Å². The van der Waals surface area contributed by atoms with E-state index in [1.165, 1.54) is 27.8 Å². The first-order valence-corrected chi connectivity index (χ1v) is 11.8. The van der Waals surface area contributed by atoms with Crippen LogP contribution in [-0.4, -0.2) is 12.8 Å². The van der Waals surface area contributed by atoms with Crippen molar-refractivity contribution in [3.05, 3.63) is 112 Å². The van der Waals surface area contributed by atoms with Gasteiger partial charge in [0.1, 0.15) is 13.3 Å². The van der Waals surface area contributed by atoms with Crippen LogP contribution >= 0.6 is 0 Å². The van der Waals surface area contributed by atoms with E-state index in [4.69, 9.17) is 9.78 Å². The highest BCUT2D eigenvalue weighted by Crippen LogP contribution is 2.40. The highest BCUT2D eigenvalue weighted by molar-refractivity contribution is 5.86. The van der Waals surface area contributed by atoms with Crippen LogP contribution in [0.3, 0.4) is 0 Å². The summed E-state index contributed by atoms with van der Waals surface area (Å²) in [4.78, 5) is 10.7. The molecule has 3 heteroatoms. The van der Waals surface area contributed by atoms with Crippen molar-refractivity contribution in [1.82, 2.24) is 5.32 Å². The fraction of sp³-hybridized carbons (Fsp3) is 0.310. The van der Waals surface area contributed by atoms with Gasteiger partial charge in [-0.3, -0.25) is 5.32 Å². The van der Waals surface area contributed by atoms with E-state index >= 15 is 0 Å². The number of hydrogen-bond donors (Lipinski definition) is 1. The topological polar surface area (TPSA) is 30.5 Å². The Kier molecular flexibility index (Phi) is 6.78. The van der Waals surface area contributed by atoms with Crippen molar-refractivity contribution in [2.75, 3.05) is 6.73 Å². The summed E-state index contributed by atoms with van der Waals surface area (Å²) in [6.07, 6.45) is 6.75.